The molecule has 0 spiro atoms. The van der Waals surface area contributed by atoms with E-state index in [9.17, 15) is 14.0 Å². The van der Waals surface area contributed by atoms with E-state index in [-0.39, 0.29) is 42.7 Å². The number of amides is 2. The van der Waals surface area contributed by atoms with Crippen molar-refractivity contribution in [3.8, 4) is 11.5 Å². The number of carbonyl (C=O) groups is 2. The molecule has 3 heterocycles. The molecule has 1 saturated carbocycles. The van der Waals surface area contributed by atoms with Crippen LogP contribution in [0.1, 0.15) is 35.3 Å². The number of carbonyl (C=O) groups excluding carboxylic acids is 2. The van der Waals surface area contributed by atoms with Gasteiger partial charge < -0.3 is 20.1 Å². The lowest BCUT2D eigenvalue weighted by molar-refractivity contribution is -0.134. The summed E-state index contributed by atoms with van der Waals surface area (Å²) in [6.45, 7) is 0.241. The molecule has 1 saturated heterocycles. The number of halogens is 2. The van der Waals surface area contributed by atoms with Gasteiger partial charge in [0.25, 0.3) is 5.91 Å². The zero-order valence-corrected chi connectivity index (χ0v) is 18.3. The molecule has 4 rings (SSSR count). The molecule has 2 aromatic heterocycles. The molecule has 8 nitrogen and oxygen atoms in total. The quantitative estimate of drug-likeness (QED) is 0.594. The van der Waals surface area contributed by atoms with E-state index in [4.69, 9.17) is 15.2 Å². The largest absolute Gasteiger partial charge is 0.489 e. The minimum absolute atomic E-state index is 0.0877. The Hall–Kier alpha value is -2.75. The average Bonchev–Trinajstić information content (AvgIpc) is 3.56. The van der Waals surface area contributed by atoms with Crippen molar-refractivity contribution in [3.63, 3.8) is 0 Å². The van der Waals surface area contributed by atoms with Crippen LogP contribution in [0, 0.1) is 0 Å². The summed E-state index contributed by atoms with van der Waals surface area (Å²) in [5.41, 5.74) is 6.09. The molecule has 2 N–H and O–H groups in total. The summed E-state index contributed by atoms with van der Waals surface area (Å²) in [7, 11) is 0. The van der Waals surface area contributed by atoms with Crippen LogP contribution in [0.15, 0.2) is 35.2 Å². The molecule has 0 bridgehead atoms. The first-order valence-corrected chi connectivity index (χ1v) is 10.8. The number of pyridine rings is 2. The molecule has 1 aliphatic heterocycles. The number of likely N-dealkylation sites (tertiary alicyclic amines) is 1. The first-order valence-electron chi connectivity index (χ1n) is 10.0. The first-order chi connectivity index (χ1) is 14.9. The second-order valence-electron chi connectivity index (χ2n) is 7.65. The van der Waals surface area contributed by atoms with Crippen molar-refractivity contribution < 1.29 is 23.5 Å². The molecule has 0 aromatic carbocycles. The van der Waals surface area contributed by atoms with Crippen molar-refractivity contribution in [2.75, 3.05) is 13.1 Å². The lowest BCUT2D eigenvalue weighted by atomic mass is 10.0. The van der Waals surface area contributed by atoms with Crippen molar-refractivity contribution >= 4 is 27.7 Å². The maximum atomic E-state index is 14.8. The van der Waals surface area contributed by atoms with E-state index in [2.05, 4.69) is 25.9 Å². The fourth-order valence-corrected chi connectivity index (χ4v) is 3.67. The van der Waals surface area contributed by atoms with Crippen LogP contribution >= 0.6 is 15.9 Å². The van der Waals surface area contributed by atoms with Gasteiger partial charge in [0.05, 0.1) is 37.0 Å². The Morgan fingerprint density at radius 1 is 1.19 bits per heavy atom. The molecular weight excluding hydrogens is 471 g/mol. The van der Waals surface area contributed by atoms with Gasteiger partial charge in [-0.15, -0.1) is 0 Å². The predicted molar refractivity (Wildman–Crippen MR) is 113 cm³/mol. The third-order valence-corrected chi connectivity index (χ3v) is 5.60. The molecule has 1 aliphatic carbocycles. The van der Waals surface area contributed by atoms with E-state index in [1.807, 2.05) is 0 Å². The Labute approximate surface area is 187 Å². The van der Waals surface area contributed by atoms with Crippen LogP contribution in [0.3, 0.4) is 0 Å². The molecular formula is C21H22BrFN4O4. The summed E-state index contributed by atoms with van der Waals surface area (Å²) in [4.78, 5) is 34.0. The Bertz CT molecular complexity index is 970. The number of nitrogens with two attached hydrogens (primary N) is 1. The highest BCUT2D eigenvalue weighted by molar-refractivity contribution is 9.10. The minimum atomic E-state index is -1.41. The number of piperidine rings is 1. The molecule has 31 heavy (non-hydrogen) atoms. The summed E-state index contributed by atoms with van der Waals surface area (Å²) in [6, 6.07) is 4.98. The first kappa shape index (κ1) is 21.5. The summed E-state index contributed by atoms with van der Waals surface area (Å²) in [5, 5.41) is 0. The van der Waals surface area contributed by atoms with Gasteiger partial charge >= 0.3 is 0 Å². The maximum Gasteiger partial charge on any atom is 0.252 e. The number of aromatic nitrogens is 2. The maximum absolute atomic E-state index is 14.8. The van der Waals surface area contributed by atoms with Crippen molar-refractivity contribution in [2.24, 2.45) is 5.73 Å². The molecule has 164 valence electrons. The number of alkyl halides is 1. The highest BCUT2D eigenvalue weighted by Crippen LogP contribution is 2.27. The number of rotatable bonds is 7. The normalized spacial score (nSPS) is 20.9. The molecule has 2 fully saturated rings. The third kappa shape index (κ3) is 5.49. The van der Waals surface area contributed by atoms with Gasteiger partial charge in [0.2, 0.25) is 5.91 Å². The molecule has 2 aromatic rings. The minimum Gasteiger partial charge on any atom is -0.489 e. The number of primary amides is 1. The SMILES string of the molecule is NC(=O)c1cc(Br)ncc1O[C@@H]1CCN(C(=O)Cc2ccc(OC3CC3)cn2)C[C@@H]1F. The van der Waals surface area contributed by atoms with Gasteiger partial charge in [0.1, 0.15) is 16.5 Å². The van der Waals surface area contributed by atoms with Crippen LogP contribution in [0.4, 0.5) is 4.39 Å². The molecule has 2 aliphatic rings. The van der Waals surface area contributed by atoms with Crippen LogP contribution in [0.25, 0.3) is 0 Å². The highest BCUT2D eigenvalue weighted by Gasteiger charge is 2.34. The number of hydrogen-bond donors (Lipinski definition) is 1. The Kier molecular flexibility index (Phi) is 6.35. The second-order valence-corrected chi connectivity index (χ2v) is 8.46. The molecule has 0 unspecified atom stereocenters. The van der Waals surface area contributed by atoms with Crippen molar-refractivity contribution in [1.29, 1.82) is 0 Å². The fourth-order valence-electron chi connectivity index (χ4n) is 3.34. The standard InChI is InChI=1S/C21H22BrFN4O4/c22-19-8-15(21(24)29)18(10-26-19)31-17-5-6-27(11-16(17)23)20(28)7-12-1-2-14(9-25-12)30-13-3-4-13/h1-2,8-10,13,16-17H,3-7,11H2,(H2,24,29)/t16-,17+/m0/s1. The lowest BCUT2D eigenvalue weighted by Crippen LogP contribution is -2.49. The van der Waals surface area contributed by atoms with Gasteiger partial charge in [0, 0.05) is 18.7 Å². The van der Waals surface area contributed by atoms with Crippen molar-refractivity contribution in [1.82, 2.24) is 14.9 Å². The predicted octanol–water partition coefficient (Wildman–Crippen LogP) is 2.44. The van der Waals surface area contributed by atoms with Crippen molar-refractivity contribution in [2.45, 2.75) is 44.1 Å². The smallest absolute Gasteiger partial charge is 0.252 e. The van der Waals surface area contributed by atoms with E-state index in [0.29, 0.717) is 22.6 Å². The van der Waals surface area contributed by atoms with E-state index < -0.39 is 18.2 Å². The number of nitrogens with zero attached hydrogens (tertiary/aromatic N) is 3. The summed E-state index contributed by atoms with van der Waals surface area (Å²) < 4.78 is 26.5. The average molecular weight is 493 g/mol. The van der Waals surface area contributed by atoms with Crippen LogP contribution < -0.4 is 15.2 Å². The molecule has 2 atom stereocenters. The number of ether oxygens (including phenoxy) is 2. The summed E-state index contributed by atoms with van der Waals surface area (Å²) in [6.07, 6.45) is 3.50. The monoisotopic (exact) mass is 492 g/mol. The molecule has 10 heteroatoms. The van der Waals surface area contributed by atoms with E-state index in [0.717, 1.165) is 12.8 Å². The van der Waals surface area contributed by atoms with Gasteiger partial charge in [-0.3, -0.25) is 14.6 Å². The van der Waals surface area contributed by atoms with Crippen LogP contribution in [0.5, 0.6) is 11.5 Å². The Morgan fingerprint density at radius 2 is 2.00 bits per heavy atom. The van der Waals surface area contributed by atoms with E-state index in [1.54, 1.807) is 18.3 Å². The fraction of sp³-hybridized carbons (Fsp3) is 0.429. The van der Waals surface area contributed by atoms with Gasteiger partial charge in [-0.2, -0.15) is 0 Å². The summed E-state index contributed by atoms with van der Waals surface area (Å²) >= 11 is 3.16. The van der Waals surface area contributed by atoms with Gasteiger partial charge in [-0.05, 0) is 47.0 Å². The Balaban J connectivity index is 1.32. The topological polar surface area (TPSA) is 108 Å². The number of hydrogen-bond acceptors (Lipinski definition) is 6. The zero-order chi connectivity index (χ0) is 22.0. The zero-order valence-electron chi connectivity index (χ0n) is 16.7. The van der Waals surface area contributed by atoms with Gasteiger partial charge in [0.15, 0.2) is 11.9 Å². The van der Waals surface area contributed by atoms with Crippen LogP contribution in [-0.4, -0.2) is 58.2 Å². The second kappa shape index (κ2) is 9.17. The van der Waals surface area contributed by atoms with Crippen molar-refractivity contribution in [3.05, 3.63) is 46.5 Å². The van der Waals surface area contributed by atoms with E-state index in [1.165, 1.54) is 17.2 Å². The van der Waals surface area contributed by atoms with Gasteiger partial charge in [-0.1, -0.05) is 0 Å². The molecule has 0 radical (unpaired) electrons. The molecule has 2 amide bonds. The highest BCUT2D eigenvalue weighted by atomic mass is 79.9. The lowest BCUT2D eigenvalue weighted by Gasteiger charge is -2.35. The third-order valence-electron chi connectivity index (χ3n) is 5.17. The summed E-state index contributed by atoms with van der Waals surface area (Å²) in [5.74, 6) is -0.0751. The van der Waals surface area contributed by atoms with Crippen LogP contribution in [-0.2, 0) is 11.2 Å². The van der Waals surface area contributed by atoms with Crippen LogP contribution in [0.2, 0.25) is 0 Å². The Morgan fingerprint density at radius 3 is 2.65 bits per heavy atom. The van der Waals surface area contributed by atoms with Gasteiger partial charge in [-0.25, -0.2) is 9.37 Å². The van der Waals surface area contributed by atoms with E-state index >= 15 is 0 Å².